The molecular formula is C34H26N2O2. The molecule has 0 fully saturated rings. The van der Waals surface area contributed by atoms with Crippen LogP contribution in [0, 0.1) is 0 Å². The summed E-state index contributed by atoms with van der Waals surface area (Å²) in [6, 6.07) is 40.9. The minimum atomic E-state index is -0.193. The molecule has 5 aromatic carbocycles. The molecule has 0 aromatic heterocycles. The molecule has 184 valence electrons. The summed E-state index contributed by atoms with van der Waals surface area (Å²) in [6.07, 6.45) is 0.797. The van der Waals surface area contributed by atoms with Crippen molar-refractivity contribution in [1.29, 1.82) is 0 Å². The molecule has 1 N–H and O–H groups in total. The fraction of sp³-hybridized carbons (Fsp3) is 0.0588. The standard InChI is InChI=1S/C34H26N2O2/c37-33(31-16-8-7-15-30(31)24-10-2-1-3-11-24)35-29-20-18-25(19-21-29)34(38)36-23-28-14-5-4-12-26(28)22-27-13-6-9-17-32(27)36/h1-21H,22-23H2,(H,35,37). The van der Waals surface area contributed by atoms with Crippen molar-refractivity contribution < 1.29 is 9.59 Å². The van der Waals surface area contributed by atoms with Crippen LogP contribution in [0.25, 0.3) is 11.1 Å². The largest absolute Gasteiger partial charge is 0.322 e. The number of fused-ring (bicyclic) bond motifs is 2. The smallest absolute Gasteiger partial charge is 0.258 e. The third kappa shape index (κ3) is 4.60. The molecule has 1 aliphatic rings. The zero-order valence-corrected chi connectivity index (χ0v) is 20.8. The number of anilines is 2. The van der Waals surface area contributed by atoms with Crippen LogP contribution in [0.15, 0.2) is 127 Å². The van der Waals surface area contributed by atoms with E-state index in [-0.39, 0.29) is 11.8 Å². The Morgan fingerprint density at radius 1 is 0.605 bits per heavy atom. The van der Waals surface area contributed by atoms with Gasteiger partial charge >= 0.3 is 0 Å². The van der Waals surface area contributed by atoms with Gasteiger partial charge in [-0.3, -0.25) is 9.59 Å². The molecule has 0 spiro atoms. The number of carbonyl (C=O) groups excluding carboxylic acids is 2. The third-order valence-corrected chi connectivity index (χ3v) is 7.00. The van der Waals surface area contributed by atoms with E-state index in [1.54, 1.807) is 24.3 Å². The van der Waals surface area contributed by atoms with Gasteiger partial charge in [-0.15, -0.1) is 0 Å². The number of hydrogen-bond acceptors (Lipinski definition) is 2. The maximum absolute atomic E-state index is 13.7. The van der Waals surface area contributed by atoms with Gasteiger partial charge in [-0.25, -0.2) is 0 Å². The van der Waals surface area contributed by atoms with Crippen LogP contribution in [0.1, 0.15) is 37.4 Å². The summed E-state index contributed by atoms with van der Waals surface area (Å²) >= 11 is 0. The van der Waals surface area contributed by atoms with Crippen molar-refractivity contribution in [2.24, 2.45) is 0 Å². The van der Waals surface area contributed by atoms with Crippen molar-refractivity contribution in [3.8, 4) is 11.1 Å². The highest BCUT2D eigenvalue weighted by atomic mass is 16.2. The molecule has 1 aliphatic heterocycles. The summed E-state index contributed by atoms with van der Waals surface area (Å²) in [5.41, 5.74) is 8.12. The van der Waals surface area contributed by atoms with E-state index in [9.17, 15) is 9.59 Å². The van der Waals surface area contributed by atoms with Gasteiger partial charge in [0.25, 0.3) is 11.8 Å². The van der Waals surface area contributed by atoms with Gasteiger partial charge in [-0.05, 0) is 70.6 Å². The van der Waals surface area contributed by atoms with E-state index in [1.807, 2.05) is 89.8 Å². The first-order valence-corrected chi connectivity index (χ1v) is 12.7. The van der Waals surface area contributed by atoms with Crippen LogP contribution >= 0.6 is 0 Å². The minimum absolute atomic E-state index is 0.0681. The zero-order chi connectivity index (χ0) is 25.9. The van der Waals surface area contributed by atoms with Gasteiger partial charge in [0.15, 0.2) is 0 Å². The maximum Gasteiger partial charge on any atom is 0.258 e. The third-order valence-electron chi connectivity index (χ3n) is 7.00. The first kappa shape index (κ1) is 23.4. The molecule has 4 heteroatoms. The van der Waals surface area contributed by atoms with Crippen LogP contribution in [0.4, 0.5) is 11.4 Å². The average Bonchev–Trinajstić information content (AvgIpc) is 3.14. The zero-order valence-electron chi connectivity index (χ0n) is 20.8. The molecule has 0 saturated carbocycles. The summed E-state index contributed by atoms with van der Waals surface area (Å²) in [4.78, 5) is 28.8. The molecule has 2 amide bonds. The summed E-state index contributed by atoms with van der Waals surface area (Å²) in [6.45, 7) is 0.515. The summed E-state index contributed by atoms with van der Waals surface area (Å²) in [7, 11) is 0. The summed E-state index contributed by atoms with van der Waals surface area (Å²) < 4.78 is 0. The highest BCUT2D eigenvalue weighted by molar-refractivity contribution is 6.10. The number of hydrogen-bond donors (Lipinski definition) is 1. The predicted octanol–water partition coefficient (Wildman–Crippen LogP) is 7.36. The number of amides is 2. The van der Waals surface area contributed by atoms with Gasteiger partial charge in [-0.2, -0.15) is 0 Å². The fourth-order valence-corrected chi connectivity index (χ4v) is 5.05. The maximum atomic E-state index is 13.7. The SMILES string of the molecule is O=C(Nc1ccc(C(=O)N2Cc3ccccc3Cc3ccccc32)cc1)c1ccccc1-c1ccccc1. The van der Waals surface area contributed by atoms with Crippen molar-refractivity contribution in [1.82, 2.24) is 0 Å². The average molecular weight is 495 g/mol. The normalized spacial score (nSPS) is 12.2. The molecule has 0 saturated heterocycles. The number of para-hydroxylation sites is 1. The lowest BCUT2D eigenvalue weighted by Crippen LogP contribution is -2.30. The van der Waals surface area contributed by atoms with Crippen molar-refractivity contribution in [3.63, 3.8) is 0 Å². The fourth-order valence-electron chi connectivity index (χ4n) is 5.05. The highest BCUT2D eigenvalue weighted by Crippen LogP contribution is 2.32. The second kappa shape index (κ2) is 10.2. The Morgan fingerprint density at radius 2 is 1.24 bits per heavy atom. The number of nitrogens with one attached hydrogen (secondary N) is 1. The van der Waals surface area contributed by atoms with Gasteiger partial charge in [0.2, 0.25) is 0 Å². The predicted molar refractivity (Wildman–Crippen MR) is 152 cm³/mol. The van der Waals surface area contributed by atoms with Gasteiger partial charge in [0.05, 0.1) is 6.54 Å². The van der Waals surface area contributed by atoms with Crippen LogP contribution < -0.4 is 10.2 Å². The quantitative estimate of drug-likeness (QED) is 0.284. The molecule has 0 radical (unpaired) electrons. The van der Waals surface area contributed by atoms with Crippen LogP contribution in [0.3, 0.4) is 0 Å². The van der Waals surface area contributed by atoms with E-state index < -0.39 is 0 Å². The highest BCUT2D eigenvalue weighted by Gasteiger charge is 2.24. The van der Waals surface area contributed by atoms with Crippen LogP contribution in [-0.4, -0.2) is 11.8 Å². The molecule has 6 rings (SSSR count). The van der Waals surface area contributed by atoms with E-state index in [0.717, 1.165) is 34.4 Å². The molecule has 38 heavy (non-hydrogen) atoms. The molecule has 0 bridgehead atoms. The first-order chi connectivity index (χ1) is 18.7. The Morgan fingerprint density at radius 3 is 2.03 bits per heavy atom. The van der Waals surface area contributed by atoms with E-state index in [2.05, 4.69) is 23.5 Å². The monoisotopic (exact) mass is 494 g/mol. The van der Waals surface area contributed by atoms with Gasteiger partial charge < -0.3 is 10.2 Å². The minimum Gasteiger partial charge on any atom is -0.322 e. The number of benzene rings is 5. The van der Waals surface area contributed by atoms with Crippen LogP contribution in [-0.2, 0) is 13.0 Å². The van der Waals surface area contributed by atoms with Gasteiger partial charge in [-0.1, -0.05) is 91.0 Å². The van der Waals surface area contributed by atoms with Crippen LogP contribution in [0.2, 0.25) is 0 Å². The van der Waals surface area contributed by atoms with E-state index in [4.69, 9.17) is 0 Å². The number of nitrogens with zero attached hydrogens (tertiary/aromatic N) is 1. The van der Waals surface area contributed by atoms with Gasteiger partial charge in [0, 0.05) is 22.5 Å². The lowest BCUT2D eigenvalue weighted by molar-refractivity contribution is 0.0984. The Balaban J connectivity index is 1.24. The molecule has 0 unspecified atom stereocenters. The summed E-state index contributed by atoms with van der Waals surface area (Å²) in [5, 5.41) is 2.99. The molecule has 0 aliphatic carbocycles. The Labute approximate surface area is 222 Å². The molecule has 0 atom stereocenters. The van der Waals surface area contributed by atoms with E-state index >= 15 is 0 Å². The van der Waals surface area contributed by atoms with Gasteiger partial charge in [0.1, 0.15) is 0 Å². The van der Waals surface area contributed by atoms with Crippen molar-refractivity contribution in [2.75, 3.05) is 10.2 Å². The second-order valence-electron chi connectivity index (χ2n) is 9.41. The van der Waals surface area contributed by atoms with E-state index in [0.29, 0.717) is 23.4 Å². The van der Waals surface area contributed by atoms with Crippen molar-refractivity contribution >= 4 is 23.2 Å². The topological polar surface area (TPSA) is 49.4 Å². The molecule has 4 nitrogen and oxygen atoms in total. The summed E-state index contributed by atoms with van der Waals surface area (Å²) in [5.74, 6) is -0.261. The molecule has 1 heterocycles. The Kier molecular flexibility index (Phi) is 6.29. The lowest BCUT2D eigenvalue weighted by Gasteiger charge is -2.23. The number of rotatable bonds is 4. The number of carbonyl (C=O) groups is 2. The van der Waals surface area contributed by atoms with Crippen molar-refractivity contribution in [2.45, 2.75) is 13.0 Å². The Bertz CT molecular complexity index is 1620. The van der Waals surface area contributed by atoms with Crippen molar-refractivity contribution in [3.05, 3.63) is 155 Å². The first-order valence-electron chi connectivity index (χ1n) is 12.7. The van der Waals surface area contributed by atoms with E-state index in [1.165, 1.54) is 5.56 Å². The second-order valence-corrected chi connectivity index (χ2v) is 9.41. The molecular weight excluding hydrogens is 468 g/mol. The lowest BCUT2D eigenvalue weighted by atomic mass is 9.99. The molecule has 5 aromatic rings. The Hall–Kier alpha value is -4.96. The van der Waals surface area contributed by atoms with Crippen LogP contribution in [0.5, 0.6) is 0 Å².